The number of aromatic carboxylic acids is 1. The zero-order valence-electron chi connectivity index (χ0n) is 11.9. The maximum atomic E-state index is 10.8. The molecule has 0 aliphatic carbocycles. The van der Waals surface area contributed by atoms with Crippen LogP contribution >= 0.6 is 24.0 Å². The van der Waals surface area contributed by atoms with Crippen molar-refractivity contribution in [1.29, 1.82) is 0 Å². The van der Waals surface area contributed by atoms with Gasteiger partial charge in [-0.15, -0.1) is 12.4 Å². The van der Waals surface area contributed by atoms with E-state index >= 15 is 0 Å². The van der Waals surface area contributed by atoms with Gasteiger partial charge in [0.25, 0.3) is 0 Å². The molecule has 1 N–H and O–H groups in total. The Morgan fingerprint density at radius 2 is 2.00 bits per heavy atom. The van der Waals surface area contributed by atoms with E-state index in [0.29, 0.717) is 12.4 Å². The molecule has 0 aromatic heterocycles. The van der Waals surface area contributed by atoms with Gasteiger partial charge < -0.3 is 14.7 Å². The van der Waals surface area contributed by atoms with E-state index in [1.807, 2.05) is 0 Å². The molecule has 0 atom stereocenters. The summed E-state index contributed by atoms with van der Waals surface area (Å²) in [4.78, 5) is 13.3. The van der Waals surface area contributed by atoms with Crippen molar-refractivity contribution in [2.24, 2.45) is 0 Å². The van der Waals surface area contributed by atoms with Gasteiger partial charge in [0.1, 0.15) is 5.75 Å². The fourth-order valence-electron chi connectivity index (χ4n) is 2.42. The number of hydrogen-bond acceptors (Lipinski definition) is 3. The van der Waals surface area contributed by atoms with Gasteiger partial charge in [-0.1, -0.05) is 18.0 Å². The average molecular weight is 334 g/mol. The highest BCUT2D eigenvalue weighted by Crippen LogP contribution is 2.22. The second-order valence-corrected chi connectivity index (χ2v) is 5.46. The van der Waals surface area contributed by atoms with Gasteiger partial charge in [-0.25, -0.2) is 4.79 Å². The second kappa shape index (κ2) is 9.13. The third-order valence-corrected chi connectivity index (χ3v) is 3.82. The Morgan fingerprint density at radius 3 is 2.62 bits per heavy atom. The molecule has 6 heteroatoms. The van der Waals surface area contributed by atoms with Gasteiger partial charge >= 0.3 is 5.97 Å². The molecular formula is C15H21Cl2NO3. The Labute approximate surface area is 136 Å². The highest BCUT2D eigenvalue weighted by atomic mass is 35.5. The van der Waals surface area contributed by atoms with Gasteiger partial charge in [-0.2, -0.15) is 0 Å². The monoisotopic (exact) mass is 333 g/mol. The number of ether oxygens (including phenoxy) is 1. The van der Waals surface area contributed by atoms with Gasteiger partial charge in [0.2, 0.25) is 0 Å². The summed E-state index contributed by atoms with van der Waals surface area (Å²) in [7, 11) is 0. The van der Waals surface area contributed by atoms with Crippen molar-refractivity contribution in [1.82, 2.24) is 4.90 Å². The zero-order valence-corrected chi connectivity index (χ0v) is 13.5. The first-order chi connectivity index (χ1) is 9.66. The number of carboxylic acid groups (broad SMARTS) is 1. The minimum absolute atomic E-state index is 0. The number of piperidine rings is 1. The van der Waals surface area contributed by atoms with E-state index in [1.165, 1.54) is 38.4 Å². The summed E-state index contributed by atoms with van der Waals surface area (Å²) in [6, 6.07) is 4.69. The van der Waals surface area contributed by atoms with Crippen molar-refractivity contribution >= 4 is 30.0 Å². The largest absolute Gasteiger partial charge is 0.493 e. The Kier molecular flexibility index (Phi) is 7.86. The van der Waals surface area contributed by atoms with Crippen LogP contribution in [0.2, 0.25) is 5.02 Å². The molecule has 0 unspecified atom stereocenters. The highest BCUT2D eigenvalue weighted by molar-refractivity contribution is 6.33. The van der Waals surface area contributed by atoms with Crippen LogP contribution in [0.4, 0.5) is 0 Å². The number of rotatable bonds is 6. The normalized spacial score (nSPS) is 15.3. The molecule has 21 heavy (non-hydrogen) atoms. The fourth-order valence-corrected chi connectivity index (χ4v) is 2.67. The number of carbonyl (C=O) groups is 1. The first-order valence-corrected chi connectivity index (χ1v) is 7.42. The Morgan fingerprint density at radius 1 is 1.29 bits per heavy atom. The van der Waals surface area contributed by atoms with Gasteiger partial charge in [-0.3, -0.25) is 0 Å². The summed E-state index contributed by atoms with van der Waals surface area (Å²) < 4.78 is 5.61. The van der Waals surface area contributed by atoms with Crippen LogP contribution in [0, 0.1) is 0 Å². The predicted molar refractivity (Wildman–Crippen MR) is 86.1 cm³/mol. The van der Waals surface area contributed by atoms with Crippen LogP contribution < -0.4 is 4.74 Å². The van der Waals surface area contributed by atoms with Crippen molar-refractivity contribution in [3.8, 4) is 5.75 Å². The Balaban J connectivity index is 0.00000220. The van der Waals surface area contributed by atoms with E-state index < -0.39 is 5.97 Å². The topological polar surface area (TPSA) is 49.8 Å². The summed E-state index contributed by atoms with van der Waals surface area (Å²) >= 11 is 5.89. The molecule has 1 heterocycles. The van der Waals surface area contributed by atoms with Crippen molar-refractivity contribution in [3.05, 3.63) is 28.8 Å². The first kappa shape index (κ1) is 18.1. The maximum absolute atomic E-state index is 10.8. The molecular weight excluding hydrogens is 313 g/mol. The Hall–Kier alpha value is -0.970. The third-order valence-electron chi connectivity index (χ3n) is 3.51. The van der Waals surface area contributed by atoms with Crippen LogP contribution in [0.15, 0.2) is 18.2 Å². The summed E-state index contributed by atoms with van der Waals surface area (Å²) in [5.74, 6) is -0.398. The van der Waals surface area contributed by atoms with Crippen LogP contribution in [0.25, 0.3) is 0 Å². The second-order valence-electron chi connectivity index (χ2n) is 5.05. The van der Waals surface area contributed by atoms with E-state index in [4.69, 9.17) is 21.4 Å². The highest BCUT2D eigenvalue weighted by Gasteiger charge is 2.10. The number of benzene rings is 1. The molecule has 0 bridgehead atoms. The smallest absolute Gasteiger partial charge is 0.337 e. The number of nitrogens with zero attached hydrogens (tertiary/aromatic N) is 1. The first-order valence-electron chi connectivity index (χ1n) is 7.05. The summed E-state index contributed by atoms with van der Waals surface area (Å²) in [6.45, 7) is 4.07. The zero-order chi connectivity index (χ0) is 14.4. The van der Waals surface area contributed by atoms with Crippen LogP contribution in [-0.4, -0.2) is 42.2 Å². The molecule has 1 saturated heterocycles. The van der Waals surface area contributed by atoms with Crippen molar-refractivity contribution in [2.45, 2.75) is 25.7 Å². The number of hydrogen-bond donors (Lipinski definition) is 1. The van der Waals surface area contributed by atoms with Crippen LogP contribution in [-0.2, 0) is 0 Å². The lowest BCUT2D eigenvalue weighted by Crippen LogP contribution is -2.31. The lowest BCUT2D eigenvalue weighted by Gasteiger charge is -2.26. The Bertz CT molecular complexity index is 462. The van der Waals surface area contributed by atoms with Crippen LogP contribution in [0.3, 0.4) is 0 Å². The quantitative estimate of drug-likeness (QED) is 0.806. The average Bonchev–Trinajstić information content (AvgIpc) is 2.44. The molecule has 0 saturated carbocycles. The van der Waals surface area contributed by atoms with Gasteiger partial charge in [0.15, 0.2) is 0 Å². The molecule has 0 spiro atoms. The lowest BCUT2D eigenvalue weighted by atomic mass is 10.1. The molecule has 1 aliphatic rings. The van der Waals surface area contributed by atoms with E-state index in [0.717, 1.165) is 13.0 Å². The van der Waals surface area contributed by atoms with E-state index in [1.54, 1.807) is 12.1 Å². The molecule has 1 fully saturated rings. The van der Waals surface area contributed by atoms with Crippen LogP contribution in [0.5, 0.6) is 5.75 Å². The number of halogens is 2. The molecule has 0 amide bonds. The fraction of sp³-hybridized carbons (Fsp3) is 0.533. The molecule has 1 aliphatic heterocycles. The third kappa shape index (κ3) is 5.73. The predicted octanol–water partition coefficient (Wildman–Crippen LogP) is 3.71. The van der Waals surface area contributed by atoms with E-state index in [-0.39, 0.29) is 23.0 Å². The standard InChI is InChI=1S/C15H20ClNO3.ClH/c16-14-11-12(5-6-13(14)15(18)19)20-10-4-9-17-7-2-1-3-8-17;/h5-6,11H,1-4,7-10H2,(H,18,19);1H. The lowest BCUT2D eigenvalue weighted by molar-refractivity contribution is 0.0697. The van der Waals surface area contributed by atoms with Gasteiger partial charge in [0.05, 0.1) is 17.2 Å². The minimum Gasteiger partial charge on any atom is -0.493 e. The van der Waals surface area contributed by atoms with E-state index in [9.17, 15) is 4.79 Å². The maximum Gasteiger partial charge on any atom is 0.337 e. The molecule has 2 rings (SSSR count). The van der Waals surface area contributed by atoms with Gasteiger partial charge in [-0.05, 0) is 50.6 Å². The van der Waals surface area contributed by atoms with Crippen molar-refractivity contribution in [2.75, 3.05) is 26.2 Å². The number of likely N-dealkylation sites (tertiary alicyclic amines) is 1. The summed E-state index contributed by atoms with van der Waals surface area (Å²) in [5, 5.41) is 9.10. The molecule has 4 nitrogen and oxygen atoms in total. The van der Waals surface area contributed by atoms with Crippen LogP contribution in [0.1, 0.15) is 36.0 Å². The van der Waals surface area contributed by atoms with Crippen molar-refractivity contribution < 1.29 is 14.6 Å². The summed E-state index contributed by atoms with van der Waals surface area (Å²) in [5.41, 5.74) is 0.104. The number of carboxylic acids is 1. The van der Waals surface area contributed by atoms with E-state index in [2.05, 4.69) is 4.90 Å². The molecule has 0 radical (unpaired) electrons. The summed E-state index contributed by atoms with van der Waals surface area (Å²) in [6.07, 6.45) is 4.92. The van der Waals surface area contributed by atoms with Gasteiger partial charge in [0, 0.05) is 6.54 Å². The molecule has 1 aromatic rings. The van der Waals surface area contributed by atoms with Crippen molar-refractivity contribution in [3.63, 3.8) is 0 Å². The molecule has 118 valence electrons. The molecule has 1 aromatic carbocycles. The SMILES string of the molecule is Cl.O=C(O)c1ccc(OCCCN2CCCCC2)cc1Cl. The minimum atomic E-state index is -1.02.